The van der Waals surface area contributed by atoms with Crippen molar-refractivity contribution in [2.75, 3.05) is 11.9 Å². The third-order valence-electron chi connectivity index (χ3n) is 4.55. The maximum absolute atomic E-state index is 12.6. The van der Waals surface area contributed by atoms with Gasteiger partial charge < -0.3 is 10.4 Å². The van der Waals surface area contributed by atoms with E-state index in [0.29, 0.717) is 30.1 Å². The van der Waals surface area contributed by atoms with E-state index < -0.39 is 11.9 Å². The molecule has 0 bridgehead atoms. The van der Waals surface area contributed by atoms with Gasteiger partial charge in [0.15, 0.2) is 0 Å². The summed E-state index contributed by atoms with van der Waals surface area (Å²) in [5.41, 5.74) is 1.31. The van der Waals surface area contributed by atoms with Gasteiger partial charge in [-0.15, -0.1) is 0 Å². The topological polar surface area (TPSA) is 104 Å². The first-order chi connectivity index (χ1) is 13.3. The van der Waals surface area contributed by atoms with Gasteiger partial charge >= 0.3 is 5.97 Å². The summed E-state index contributed by atoms with van der Waals surface area (Å²) in [4.78, 5) is 49.6. The van der Waals surface area contributed by atoms with Crippen LogP contribution in [0.4, 0.5) is 5.69 Å². The van der Waals surface area contributed by atoms with Crippen molar-refractivity contribution >= 4 is 29.4 Å². The average Bonchev–Trinajstić information content (AvgIpc) is 2.90. The molecular formula is C21H20N2O5. The number of carbonyl (C=O) groups excluding carboxylic acids is 3. The van der Waals surface area contributed by atoms with E-state index in [1.165, 1.54) is 47.4 Å². The summed E-state index contributed by atoms with van der Waals surface area (Å²) in [6.45, 7) is 4.38. The van der Waals surface area contributed by atoms with Crippen LogP contribution in [0, 0.1) is 5.92 Å². The Kier molecular flexibility index (Phi) is 5.26. The number of nitrogens with zero attached hydrogens (tertiary/aromatic N) is 1. The Balaban J connectivity index is 1.77. The molecule has 7 heteroatoms. The maximum atomic E-state index is 12.6. The minimum absolute atomic E-state index is 0.112. The van der Waals surface area contributed by atoms with Crippen LogP contribution in [-0.4, -0.2) is 40.2 Å². The molecule has 0 saturated carbocycles. The van der Waals surface area contributed by atoms with Gasteiger partial charge in [-0.3, -0.25) is 19.3 Å². The standard InChI is InChI=1S/C21H20N2O5/c1-12(2)9-10-23-19(25)16-8-5-14(11-17(16)20(23)26)18(24)22-15-6-3-13(4-7-15)21(27)28/h3-8,11-12H,9-10H2,1-2H3,(H,22,24)(H,27,28). The SMILES string of the molecule is CC(C)CCN1C(=O)c2ccc(C(=O)Nc3ccc(C(=O)O)cc3)cc2C1=O. The summed E-state index contributed by atoms with van der Waals surface area (Å²) in [5.74, 6) is -1.87. The Morgan fingerprint density at radius 2 is 1.57 bits per heavy atom. The lowest BCUT2D eigenvalue weighted by atomic mass is 10.1. The molecule has 0 aliphatic carbocycles. The number of hydrogen-bond donors (Lipinski definition) is 2. The van der Waals surface area contributed by atoms with Crippen molar-refractivity contribution in [1.82, 2.24) is 4.90 Å². The number of hydrogen-bond acceptors (Lipinski definition) is 4. The van der Waals surface area contributed by atoms with Crippen LogP contribution < -0.4 is 5.32 Å². The first-order valence-electron chi connectivity index (χ1n) is 8.93. The molecule has 1 aliphatic heterocycles. The lowest BCUT2D eigenvalue weighted by Crippen LogP contribution is -2.31. The third kappa shape index (κ3) is 3.78. The second-order valence-corrected chi connectivity index (χ2v) is 7.04. The number of carboxylic acid groups (broad SMARTS) is 1. The van der Waals surface area contributed by atoms with Crippen LogP contribution in [0.25, 0.3) is 0 Å². The molecule has 3 rings (SSSR count). The van der Waals surface area contributed by atoms with Gasteiger partial charge in [0.25, 0.3) is 17.7 Å². The molecule has 1 heterocycles. The van der Waals surface area contributed by atoms with Crippen LogP contribution in [0.15, 0.2) is 42.5 Å². The van der Waals surface area contributed by atoms with Gasteiger partial charge in [-0.1, -0.05) is 13.8 Å². The summed E-state index contributed by atoms with van der Waals surface area (Å²) in [7, 11) is 0. The average molecular weight is 380 g/mol. The smallest absolute Gasteiger partial charge is 0.335 e. The number of carboxylic acids is 1. The number of carbonyl (C=O) groups is 4. The number of aromatic carboxylic acids is 1. The first kappa shape index (κ1) is 19.3. The van der Waals surface area contributed by atoms with Crippen molar-refractivity contribution in [3.63, 3.8) is 0 Å². The lowest BCUT2D eigenvalue weighted by molar-refractivity contribution is 0.0644. The molecular weight excluding hydrogens is 360 g/mol. The Hall–Kier alpha value is -3.48. The minimum Gasteiger partial charge on any atom is -0.478 e. The fraction of sp³-hybridized carbons (Fsp3) is 0.238. The monoisotopic (exact) mass is 380 g/mol. The molecule has 0 spiro atoms. The molecule has 2 N–H and O–H groups in total. The zero-order valence-electron chi connectivity index (χ0n) is 15.6. The van der Waals surface area contributed by atoms with Crippen molar-refractivity contribution in [1.29, 1.82) is 0 Å². The van der Waals surface area contributed by atoms with E-state index in [0.717, 1.165) is 0 Å². The van der Waals surface area contributed by atoms with Gasteiger partial charge in [0.2, 0.25) is 0 Å². The molecule has 1 aliphatic rings. The highest BCUT2D eigenvalue weighted by molar-refractivity contribution is 6.22. The number of amides is 3. The lowest BCUT2D eigenvalue weighted by Gasteiger charge is -2.14. The predicted molar refractivity (Wildman–Crippen MR) is 103 cm³/mol. The van der Waals surface area contributed by atoms with Gasteiger partial charge in [-0.25, -0.2) is 4.79 Å². The molecule has 0 saturated heterocycles. The molecule has 2 aromatic rings. The molecule has 0 aromatic heterocycles. The van der Waals surface area contributed by atoms with Gasteiger partial charge in [-0.2, -0.15) is 0 Å². The fourth-order valence-electron chi connectivity index (χ4n) is 2.92. The Labute approximate surface area is 162 Å². The number of rotatable bonds is 6. The van der Waals surface area contributed by atoms with E-state index in [4.69, 9.17) is 5.11 Å². The fourth-order valence-corrected chi connectivity index (χ4v) is 2.92. The maximum Gasteiger partial charge on any atom is 0.335 e. The van der Waals surface area contributed by atoms with Crippen LogP contribution in [-0.2, 0) is 0 Å². The molecule has 7 nitrogen and oxygen atoms in total. The highest BCUT2D eigenvalue weighted by Gasteiger charge is 2.35. The van der Waals surface area contributed by atoms with Gasteiger partial charge in [0.05, 0.1) is 16.7 Å². The van der Waals surface area contributed by atoms with Crippen LogP contribution in [0.1, 0.15) is 61.7 Å². The van der Waals surface area contributed by atoms with Crippen LogP contribution >= 0.6 is 0 Å². The van der Waals surface area contributed by atoms with E-state index in [-0.39, 0.29) is 28.5 Å². The second-order valence-electron chi connectivity index (χ2n) is 7.04. The van der Waals surface area contributed by atoms with Crippen molar-refractivity contribution in [3.8, 4) is 0 Å². The van der Waals surface area contributed by atoms with Crippen molar-refractivity contribution in [3.05, 3.63) is 64.7 Å². The predicted octanol–water partition coefficient (Wildman–Crippen LogP) is 3.28. The van der Waals surface area contributed by atoms with Gasteiger partial charge in [-0.05, 0) is 54.8 Å². The van der Waals surface area contributed by atoms with Crippen LogP contribution in [0.2, 0.25) is 0 Å². The number of benzene rings is 2. The van der Waals surface area contributed by atoms with E-state index in [2.05, 4.69) is 5.32 Å². The van der Waals surface area contributed by atoms with Gasteiger partial charge in [0, 0.05) is 17.8 Å². The molecule has 144 valence electrons. The van der Waals surface area contributed by atoms with Gasteiger partial charge in [0.1, 0.15) is 0 Å². The Bertz CT molecular complexity index is 963. The molecule has 0 fully saturated rings. The quantitative estimate of drug-likeness (QED) is 0.749. The third-order valence-corrected chi connectivity index (χ3v) is 4.55. The normalized spacial score (nSPS) is 13.0. The van der Waals surface area contributed by atoms with Crippen molar-refractivity contribution in [2.24, 2.45) is 5.92 Å². The molecule has 3 amide bonds. The zero-order chi connectivity index (χ0) is 20.4. The number of imide groups is 1. The zero-order valence-corrected chi connectivity index (χ0v) is 15.6. The second kappa shape index (κ2) is 7.64. The molecule has 0 radical (unpaired) electrons. The highest BCUT2D eigenvalue weighted by Crippen LogP contribution is 2.25. The molecule has 0 atom stereocenters. The summed E-state index contributed by atoms with van der Waals surface area (Å²) in [6.07, 6.45) is 0.713. The summed E-state index contributed by atoms with van der Waals surface area (Å²) < 4.78 is 0. The molecule has 2 aromatic carbocycles. The molecule has 28 heavy (non-hydrogen) atoms. The van der Waals surface area contributed by atoms with Crippen molar-refractivity contribution < 1.29 is 24.3 Å². The number of fused-ring (bicyclic) bond motifs is 1. The van der Waals surface area contributed by atoms with E-state index in [1.54, 1.807) is 0 Å². The Morgan fingerprint density at radius 1 is 0.964 bits per heavy atom. The first-order valence-corrected chi connectivity index (χ1v) is 8.93. The molecule has 0 unspecified atom stereocenters. The van der Waals surface area contributed by atoms with E-state index >= 15 is 0 Å². The van der Waals surface area contributed by atoms with E-state index in [9.17, 15) is 19.2 Å². The largest absolute Gasteiger partial charge is 0.478 e. The summed E-state index contributed by atoms with van der Waals surface area (Å²) in [5, 5.41) is 11.6. The number of anilines is 1. The Morgan fingerprint density at radius 3 is 2.18 bits per heavy atom. The van der Waals surface area contributed by atoms with Crippen molar-refractivity contribution in [2.45, 2.75) is 20.3 Å². The summed E-state index contributed by atoms with van der Waals surface area (Å²) >= 11 is 0. The highest BCUT2D eigenvalue weighted by atomic mass is 16.4. The number of nitrogens with one attached hydrogen (secondary N) is 1. The summed E-state index contributed by atoms with van der Waals surface area (Å²) in [6, 6.07) is 10.1. The van der Waals surface area contributed by atoms with Crippen LogP contribution in [0.3, 0.4) is 0 Å². The van der Waals surface area contributed by atoms with Crippen LogP contribution in [0.5, 0.6) is 0 Å². The van der Waals surface area contributed by atoms with E-state index in [1.807, 2.05) is 13.8 Å². The minimum atomic E-state index is -1.05.